The van der Waals surface area contributed by atoms with E-state index in [1.54, 1.807) is 12.1 Å². The average Bonchev–Trinajstić information content (AvgIpc) is 2.46. The lowest BCUT2D eigenvalue weighted by atomic mass is 10.2. The molecule has 0 heterocycles. The number of amides is 1. The average molecular weight is 329 g/mol. The van der Waals surface area contributed by atoms with Gasteiger partial charge in [-0.05, 0) is 31.0 Å². The summed E-state index contributed by atoms with van der Waals surface area (Å²) >= 11 is 7.36. The molecule has 0 bridgehead atoms. The second-order valence-corrected chi connectivity index (χ2v) is 6.51. The van der Waals surface area contributed by atoms with Crippen LogP contribution in [-0.4, -0.2) is 29.6 Å². The van der Waals surface area contributed by atoms with Crippen molar-refractivity contribution in [2.75, 3.05) is 24.6 Å². The van der Waals surface area contributed by atoms with Crippen molar-refractivity contribution in [1.29, 1.82) is 0 Å². The van der Waals surface area contributed by atoms with Gasteiger partial charge in [-0.2, -0.15) is 0 Å². The molecule has 1 aromatic carbocycles. The number of carbonyl (C=O) groups is 1. The van der Waals surface area contributed by atoms with Gasteiger partial charge in [-0.25, -0.2) is 0 Å². The van der Waals surface area contributed by atoms with Gasteiger partial charge in [0.1, 0.15) is 0 Å². The van der Waals surface area contributed by atoms with Crippen LogP contribution in [0.1, 0.15) is 39.5 Å². The number of nitrogens with two attached hydrogens (primary N) is 1. The minimum atomic E-state index is 0.191. The van der Waals surface area contributed by atoms with E-state index in [2.05, 4.69) is 13.8 Å². The van der Waals surface area contributed by atoms with Crippen LogP contribution in [0, 0.1) is 0 Å². The molecule has 1 rings (SSSR count). The normalized spacial score (nSPS) is 10.6. The van der Waals surface area contributed by atoms with E-state index in [9.17, 15) is 4.79 Å². The molecule has 2 N–H and O–H groups in total. The molecule has 21 heavy (non-hydrogen) atoms. The second kappa shape index (κ2) is 9.96. The summed E-state index contributed by atoms with van der Waals surface area (Å²) in [6, 6.07) is 5.40. The number of rotatable bonds is 9. The summed E-state index contributed by atoms with van der Waals surface area (Å²) in [5.41, 5.74) is 6.55. The van der Waals surface area contributed by atoms with Gasteiger partial charge in [-0.3, -0.25) is 4.79 Å². The van der Waals surface area contributed by atoms with Crippen molar-refractivity contribution in [2.24, 2.45) is 0 Å². The van der Waals surface area contributed by atoms with Crippen LogP contribution >= 0.6 is 23.4 Å². The lowest BCUT2D eigenvalue weighted by molar-refractivity contribution is -0.128. The largest absolute Gasteiger partial charge is 0.398 e. The standard InChI is InChI=1S/C16H25ClN2OS/c1-3-5-9-19(10-6-4-2)16(20)12-21-15-8-7-13(17)11-14(15)18/h7-8,11H,3-6,9-10,12,18H2,1-2H3. The van der Waals surface area contributed by atoms with Crippen molar-refractivity contribution >= 4 is 35.0 Å². The van der Waals surface area contributed by atoms with Crippen LogP contribution in [0.4, 0.5) is 5.69 Å². The van der Waals surface area contributed by atoms with E-state index in [1.165, 1.54) is 11.8 Å². The zero-order chi connectivity index (χ0) is 15.7. The molecule has 118 valence electrons. The Morgan fingerprint density at radius 2 is 1.86 bits per heavy atom. The van der Waals surface area contributed by atoms with Crippen molar-refractivity contribution in [3.05, 3.63) is 23.2 Å². The van der Waals surface area contributed by atoms with E-state index >= 15 is 0 Å². The van der Waals surface area contributed by atoms with Crippen LogP contribution in [0.5, 0.6) is 0 Å². The molecular formula is C16H25ClN2OS. The first-order valence-electron chi connectivity index (χ1n) is 7.54. The highest BCUT2D eigenvalue weighted by molar-refractivity contribution is 8.00. The fourth-order valence-electron chi connectivity index (χ4n) is 1.94. The maximum absolute atomic E-state index is 12.3. The molecule has 1 amide bonds. The molecule has 0 fully saturated rings. The quantitative estimate of drug-likeness (QED) is 0.538. The Morgan fingerprint density at radius 3 is 2.38 bits per heavy atom. The molecule has 0 saturated carbocycles. The summed E-state index contributed by atoms with van der Waals surface area (Å²) in [7, 11) is 0. The van der Waals surface area contributed by atoms with Crippen LogP contribution in [0.15, 0.2) is 23.1 Å². The first-order chi connectivity index (χ1) is 10.1. The second-order valence-electron chi connectivity index (χ2n) is 5.06. The molecule has 1 aromatic rings. The Hall–Kier alpha value is -0.870. The maximum Gasteiger partial charge on any atom is 0.232 e. The van der Waals surface area contributed by atoms with E-state index in [-0.39, 0.29) is 5.91 Å². The number of unbranched alkanes of at least 4 members (excludes halogenated alkanes) is 2. The van der Waals surface area contributed by atoms with Gasteiger partial charge in [-0.1, -0.05) is 38.3 Å². The highest BCUT2D eigenvalue weighted by Crippen LogP contribution is 2.27. The Balaban J connectivity index is 2.55. The number of thioether (sulfide) groups is 1. The molecule has 0 radical (unpaired) electrons. The Kier molecular flexibility index (Phi) is 8.62. The summed E-state index contributed by atoms with van der Waals surface area (Å²) in [6.07, 6.45) is 4.33. The molecule has 0 aliphatic heterocycles. The molecule has 0 saturated heterocycles. The van der Waals surface area contributed by atoms with Gasteiger partial charge in [0.05, 0.1) is 5.75 Å². The van der Waals surface area contributed by atoms with E-state index in [1.807, 2.05) is 11.0 Å². The van der Waals surface area contributed by atoms with Gasteiger partial charge < -0.3 is 10.6 Å². The van der Waals surface area contributed by atoms with Crippen LogP contribution < -0.4 is 5.73 Å². The molecule has 5 heteroatoms. The van der Waals surface area contributed by atoms with Crippen LogP contribution in [0.3, 0.4) is 0 Å². The number of nitrogens with zero attached hydrogens (tertiary/aromatic N) is 1. The molecule has 0 aromatic heterocycles. The summed E-state index contributed by atoms with van der Waals surface area (Å²) < 4.78 is 0. The number of halogens is 1. The van der Waals surface area contributed by atoms with Gasteiger partial charge in [0.2, 0.25) is 5.91 Å². The van der Waals surface area contributed by atoms with Gasteiger partial charge in [-0.15, -0.1) is 11.8 Å². The monoisotopic (exact) mass is 328 g/mol. The molecule has 0 spiro atoms. The molecular weight excluding hydrogens is 304 g/mol. The van der Waals surface area contributed by atoms with Gasteiger partial charge in [0.25, 0.3) is 0 Å². The van der Waals surface area contributed by atoms with Crippen molar-refractivity contribution in [3.63, 3.8) is 0 Å². The zero-order valence-corrected chi connectivity index (χ0v) is 14.5. The van der Waals surface area contributed by atoms with Crippen LogP contribution in [0.25, 0.3) is 0 Å². The number of hydrogen-bond acceptors (Lipinski definition) is 3. The molecule has 0 aliphatic rings. The highest BCUT2D eigenvalue weighted by Gasteiger charge is 2.13. The van der Waals surface area contributed by atoms with Crippen molar-refractivity contribution < 1.29 is 4.79 Å². The topological polar surface area (TPSA) is 46.3 Å². The van der Waals surface area contributed by atoms with Gasteiger partial charge in [0.15, 0.2) is 0 Å². The number of hydrogen-bond donors (Lipinski definition) is 1. The third-order valence-electron chi connectivity index (χ3n) is 3.24. The zero-order valence-electron chi connectivity index (χ0n) is 12.9. The van der Waals surface area contributed by atoms with E-state index in [0.717, 1.165) is 43.7 Å². The smallest absolute Gasteiger partial charge is 0.232 e. The van der Waals surface area contributed by atoms with Crippen molar-refractivity contribution in [3.8, 4) is 0 Å². The molecule has 0 atom stereocenters. The lowest BCUT2D eigenvalue weighted by Crippen LogP contribution is -2.34. The number of nitrogen functional groups attached to an aromatic ring is 1. The summed E-state index contributed by atoms with van der Waals surface area (Å²) in [5.74, 6) is 0.621. The number of carbonyl (C=O) groups excluding carboxylic acids is 1. The van der Waals surface area contributed by atoms with Crippen molar-refractivity contribution in [1.82, 2.24) is 4.90 Å². The molecule has 3 nitrogen and oxygen atoms in total. The maximum atomic E-state index is 12.3. The fraction of sp³-hybridized carbons (Fsp3) is 0.562. The molecule has 0 unspecified atom stereocenters. The predicted octanol–water partition coefficient (Wildman–Crippen LogP) is 4.44. The minimum absolute atomic E-state index is 0.191. The first kappa shape index (κ1) is 18.2. The van der Waals surface area contributed by atoms with Crippen LogP contribution in [-0.2, 0) is 4.79 Å². The molecule has 0 aliphatic carbocycles. The van der Waals surface area contributed by atoms with Crippen molar-refractivity contribution in [2.45, 2.75) is 44.4 Å². The minimum Gasteiger partial charge on any atom is -0.398 e. The predicted molar refractivity (Wildman–Crippen MR) is 93.0 cm³/mol. The SMILES string of the molecule is CCCCN(CCCC)C(=O)CSc1ccc(Cl)cc1N. The van der Waals surface area contributed by atoms with Gasteiger partial charge in [0, 0.05) is 28.7 Å². The Labute approximate surface area is 137 Å². The van der Waals surface area contributed by atoms with E-state index < -0.39 is 0 Å². The summed E-state index contributed by atoms with van der Waals surface area (Å²) in [6.45, 7) is 6.00. The fourth-order valence-corrected chi connectivity index (χ4v) is 2.97. The third kappa shape index (κ3) is 6.62. The highest BCUT2D eigenvalue weighted by atomic mass is 35.5. The van der Waals surface area contributed by atoms with Crippen LogP contribution in [0.2, 0.25) is 5.02 Å². The van der Waals surface area contributed by atoms with E-state index in [0.29, 0.717) is 16.5 Å². The lowest BCUT2D eigenvalue weighted by Gasteiger charge is -2.22. The summed E-state index contributed by atoms with van der Waals surface area (Å²) in [5, 5.41) is 0.621. The van der Waals surface area contributed by atoms with Gasteiger partial charge >= 0.3 is 0 Å². The first-order valence-corrected chi connectivity index (χ1v) is 8.90. The third-order valence-corrected chi connectivity index (χ3v) is 4.55. The Bertz CT molecular complexity index is 446. The Morgan fingerprint density at radius 1 is 1.24 bits per heavy atom. The summed E-state index contributed by atoms with van der Waals surface area (Å²) in [4.78, 5) is 15.2. The van der Waals surface area contributed by atoms with E-state index in [4.69, 9.17) is 17.3 Å². The number of benzene rings is 1. The number of anilines is 1.